The molecule has 0 saturated carbocycles. The number of ether oxygens (including phenoxy) is 1. The van der Waals surface area contributed by atoms with Gasteiger partial charge < -0.3 is 19.5 Å². The van der Waals surface area contributed by atoms with Crippen LogP contribution in [0.5, 0.6) is 0 Å². The summed E-state index contributed by atoms with van der Waals surface area (Å²) in [6.07, 6.45) is 1.93. The Kier molecular flexibility index (Phi) is 4.35. The van der Waals surface area contributed by atoms with E-state index >= 15 is 0 Å². The minimum absolute atomic E-state index is 0.0894. The average Bonchev–Trinajstić information content (AvgIpc) is 2.14. The van der Waals surface area contributed by atoms with Crippen molar-refractivity contribution in [2.24, 2.45) is 0 Å². The first-order chi connectivity index (χ1) is 6.63. The predicted molar refractivity (Wildman–Crippen MR) is 49.8 cm³/mol. The van der Waals surface area contributed by atoms with E-state index < -0.39 is 12.1 Å². The maximum atomic E-state index is 10.6. The van der Waals surface area contributed by atoms with Crippen LogP contribution in [0.4, 0.5) is 0 Å². The van der Waals surface area contributed by atoms with Crippen molar-refractivity contribution >= 4 is 5.97 Å². The van der Waals surface area contributed by atoms with E-state index in [-0.39, 0.29) is 6.10 Å². The molecule has 0 aromatic heterocycles. The molecular formula is C10H19NO3. The zero-order valence-electron chi connectivity index (χ0n) is 8.91. The fourth-order valence-corrected chi connectivity index (χ4v) is 1.89. The highest BCUT2D eigenvalue weighted by Crippen LogP contribution is 2.08. The highest BCUT2D eigenvalue weighted by Gasteiger charge is 2.23. The van der Waals surface area contributed by atoms with Crippen LogP contribution in [0, 0.1) is 0 Å². The molecule has 0 aliphatic carbocycles. The van der Waals surface area contributed by atoms with E-state index in [0.29, 0.717) is 6.42 Å². The number of carbonyl (C=O) groups excluding carboxylic acids is 1. The van der Waals surface area contributed by atoms with Gasteiger partial charge in [0.25, 0.3) is 0 Å². The molecular weight excluding hydrogens is 182 g/mol. The third-order valence-corrected chi connectivity index (χ3v) is 2.70. The largest absolute Gasteiger partial charge is 0.547 e. The van der Waals surface area contributed by atoms with E-state index in [4.69, 9.17) is 4.74 Å². The molecule has 1 saturated heterocycles. The van der Waals surface area contributed by atoms with E-state index in [2.05, 4.69) is 7.05 Å². The summed E-state index contributed by atoms with van der Waals surface area (Å²) >= 11 is 0. The van der Waals surface area contributed by atoms with Gasteiger partial charge in [-0.15, -0.1) is 0 Å². The average molecular weight is 201 g/mol. The zero-order valence-corrected chi connectivity index (χ0v) is 8.91. The van der Waals surface area contributed by atoms with Gasteiger partial charge in [0.1, 0.15) is 12.6 Å². The van der Waals surface area contributed by atoms with E-state index in [1.807, 2.05) is 0 Å². The number of carboxylic acids is 1. The van der Waals surface area contributed by atoms with Gasteiger partial charge in [0.2, 0.25) is 0 Å². The van der Waals surface area contributed by atoms with Gasteiger partial charge in [-0.3, -0.25) is 0 Å². The van der Waals surface area contributed by atoms with Crippen molar-refractivity contribution < 1.29 is 19.5 Å². The van der Waals surface area contributed by atoms with Crippen LogP contribution in [-0.4, -0.2) is 38.3 Å². The summed E-state index contributed by atoms with van der Waals surface area (Å²) in [7, 11) is 2.11. The van der Waals surface area contributed by atoms with E-state index in [1.165, 1.54) is 4.90 Å². The summed E-state index contributed by atoms with van der Waals surface area (Å²) < 4.78 is 5.49. The lowest BCUT2D eigenvalue weighted by Crippen LogP contribution is -3.11. The van der Waals surface area contributed by atoms with Gasteiger partial charge >= 0.3 is 0 Å². The van der Waals surface area contributed by atoms with Gasteiger partial charge in [-0.25, -0.2) is 0 Å². The lowest BCUT2D eigenvalue weighted by atomic mass is 10.1. The molecule has 3 atom stereocenters. The van der Waals surface area contributed by atoms with E-state index in [9.17, 15) is 9.90 Å². The molecule has 1 rings (SSSR count). The molecule has 0 aromatic carbocycles. The number of hydrogen-bond donors (Lipinski definition) is 1. The molecule has 14 heavy (non-hydrogen) atoms. The smallest absolute Gasteiger partial charge is 0.107 e. The summed E-state index contributed by atoms with van der Waals surface area (Å²) in [6.45, 7) is 3.87. The second kappa shape index (κ2) is 5.32. The molecule has 1 aliphatic heterocycles. The fourth-order valence-electron chi connectivity index (χ4n) is 1.89. The number of likely N-dealkylation sites (N-methyl/N-ethyl adjacent to an activating group) is 1. The minimum Gasteiger partial charge on any atom is -0.547 e. The normalized spacial score (nSPS) is 29.9. The number of quaternary nitrogens is 1. The van der Waals surface area contributed by atoms with Gasteiger partial charge in [0.05, 0.1) is 25.7 Å². The summed E-state index contributed by atoms with van der Waals surface area (Å²) in [5, 5.41) is 10.6. The predicted octanol–water partition coefficient (Wildman–Crippen LogP) is -1.79. The number of nitrogens with one attached hydrogen (secondary N) is 1. The first-order valence-electron chi connectivity index (χ1n) is 5.31. The molecule has 82 valence electrons. The Bertz CT molecular complexity index is 196. The van der Waals surface area contributed by atoms with E-state index in [1.54, 1.807) is 6.92 Å². The van der Waals surface area contributed by atoms with Crippen LogP contribution in [0.2, 0.25) is 0 Å². The molecule has 1 aliphatic rings. The molecule has 1 heterocycles. The summed E-state index contributed by atoms with van der Waals surface area (Å²) in [5.41, 5.74) is 0. The number of aliphatic carboxylic acids is 1. The Labute approximate surface area is 84.8 Å². The topological polar surface area (TPSA) is 53.8 Å². The van der Waals surface area contributed by atoms with Crippen LogP contribution >= 0.6 is 0 Å². The summed E-state index contributed by atoms with van der Waals surface area (Å²) in [5.74, 6) is -1.09. The quantitative estimate of drug-likeness (QED) is 0.584. The van der Waals surface area contributed by atoms with Gasteiger partial charge in [0.15, 0.2) is 0 Å². The molecule has 4 heteroatoms. The Hall–Kier alpha value is -0.610. The number of rotatable bonds is 4. The Balaban J connectivity index is 2.37. The Morgan fingerprint density at radius 3 is 2.93 bits per heavy atom. The maximum Gasteiger partial charge on any atom is 0.107 e. The van der Waals surface area contributed by atoms with Gasteiger partial charge in [0, 0.05) is 0 Å². The van der Waals surface area contributed by atoms with Crippen molar-refractivity contribution in [2.45, 2.75) is 38.4 Å². The first-order valence-corrected chi connectivity index (χ1v) is 5.31. The molecule has 1 N–H and O–H groups in total. The molecule has 1 fully saturated rings. The monoisotopic (exact) mass is 201 g/mol. The second-order valence-corrected chi connectivity index (χ2v) is 4.03. The first kappa shape index (κ1) is 11.5. The Morgan fingerprint density at radius 2 is 2.43 bits per heavy atom. The summed E-state index contributed by atoms with van der Waals surface area (Å²) in [6, 6.07) is 0. The number of likely N-dealkylation sites (tertiary alicyclic amines) is 1. The van der Waals surface area contributed by atoms with Crippen LogP contribution in [0.1, 0.15) is 26.2 Å². The van der Waals surface area contributed by atoms with Crippen molar-refractivity contribution in [1.82, 2.24) is 0 Å². The summed E-state index contributed by atoms with van der Waals surface area (Å²) in [4.78, 5) is 12.1. The van der Waals surface area contributed by atoms with Crippen LogP contribution in [0.25, 0.3) is 0 Å². The third-order valence-electron chi connectivity index (χ3n) is 2.70. The lowest BCUT2D eigenvalue weighted by Gasteiger charge is -2.30. The minimum atomic E-state index is -1.09. The van der Waals surface area contributed by atoms with Crippen LogP contribution in [-0.2, 0) is 9.53 Å². The molecule has 0 bridgehead atoms. The fraction of sp³-hybridized carbons (Fsp3) is 0.900. The molecule has 0 radical (unpaired) electrons. The SMILES string of the molecule is CC[C@@H](O[C@@H]1CCC[NH+](C)C1)C(=O)[O-]. The van der Waals surface area contributed by atoms with Crippen molar-refractivity contribution in [3.8, 4) is 0 Å². The van der Waals surface area contributed by atoms with Gasteiger partial charge in [-0.1, -0.05) is 6.92 Å². The lowest BCUT2D eigenvalue weighted by molar-refractivity contribution is -0.888. The molecule has 4 nitrogen and oxygen atoms in total. The number of carboxylic acid groups (broad SMARTS) is 1. The van der Waals surface area contributed by atoms with E-state index in [0.717, 1.165) is 25.9 Å². The Morgan fingerprint density at radius 1 is 1.71 bits per heavy atom. The number of carbonyl (C=O) groups is 1. The maximum absolute atomic E-state index is 10.6. The molecule has 1 unspecified atom stereocenters. The molecule has 0 spiro atoms. The van der Waals surface area contributed by atoms with Crippen molar-refractivity contribution in [2.75, 3.05) is 20.1 Å². The van der Waals surface area contributed by atoms with Crippen LogP contribution in [0.15, 0.2) is 0 Å². The van der Waals surface area contributed by atoms with Crippen LogP contribution in [0.3, 0.4) is 0 Å². The van der Waals surface area contributed by atoms with Crippen molar-refractivity contribution in [3.05, 3.63) is 0 Å². The van der Waals surface area contributed by atoms with Crippen molar-refractivity contribution in [3.63, 3.8) is 0 Å². The van der Waals surface area contributed by atoms with Crippen molar-refractivity contribution in [1.29, 1.82) is 0 Å². The number of piperidine rings is 1. The molecule has 0 amide bonds. The van der Waals surface area contributed by atoms with Crippen LogP contribution < -0.4 is 10.0 Å². The third kappa shape index (κ3) is 3.27. The highest BCUT2D eigenvalue weighted by molar-refractivity contribution is 5.69. The number of hydrogen-bond acceptors (Lipinski definition) is 3. The van der Waals surface area contributed by atoms with Gasteiger partial charge in [-0.2, -0.15) is 0 Å². The zero-order chi connectivity index (χ0) is 10.6. The second-order valence-electron chi connectivity index (χ2n) is 4.03. The van der Waals surface area contributed by atoms with Gasteiger partial charge in [-0.05, 0) is 19.3 Å². The standard InChI is InChI=1S/C10H19NO3/c1-3-9(10(12)13)14-8-5-4-6-11(2)7-8/h8-9H,3-7H2,1-2H3,(H,12,13)/t8-,9-/m1/s1. The highest BCUT2D eigenvalue weighted by atomic mass is 16.5. The molecule has 0 aromatic rings.